The van der Waals surface area contributed by atoms with E-state index in [2.05, 4.69) is 50.5 Å². The average Bonchev–Trinajstić information content (AvgIpc) is 2.08. The summed E-state index contributed by atoms with van der Waals surface area (Å²) in [6.45, 7) is 0. The SMILES string of the molecule is [S]Cc1cc(S)c(S)c(S)c1S. The van der Waals surface area contributed by atoms with Crippen LogP contribution in [0.4, 0.5) is 0 Å². The summed E-state index contributed by atoms with van der Waals surface area (Å²) < 4.78 is 0. The molecule has 65 valence electrons. The van der Waals surface area contributed by atoms with Crippen molar-refractivity contribution >= 4 is 63.1 Å². The third-order valence-corrected chi connectivity index (χ3v) is 4.08. The van der Waals surface area contributed by atoms with E-state index in [-0.39, 0.29) is 0 Å². The van der Waals surface area contributed by atoms with Gasteiger partial charge in [-0.05, 0) is 11.6 Å². The summed E-state index contributed by atoms with van der Waals surface area (Å²) in [5.74, 6) is 0.522. The van der Waals surface area contributed by atoms with E-state index in [0.29, 0.717) is 5.75 Å². The van der Waals surface area contributed by atoms with Crippen LogP contribution in [0.3, 0.4) is 0 Å². The molecule has 0 aromatic heterocycles. The molecule has 0 aliphatic carbocycles. The van der Waals surface area contributed by atoms with Gasteiger partial charge in [-0.1, -0.05) is 12.6 Å². The third-order valence-electron chi connectivity index (χ3n) is 1.46. The van der Waals surface area contributed by atoms with Crippen molar-refractivity contribution in [1.82, 2.24) is 0 Å². The largest absolute Gasteiger partial charge is 0.142 e. The van der Waals surface area contributed by atoms with Gasteiger partial charge in [-0.25, -0.2) is 0 Å². The molecule has 0 spiro atoms. The molecular weight excluding hydrogens is 244 g/mol. The van der Waals surface area contributed by atoms with Crippen LogP contribution < -0.4 is 0 Å². The first-order chi connectivity index (χ1) is 5.57. The Balaban J connectivity index is 3.39. The van der Waals surface area contributed by atoms with E-state index in [0.717, 1.165) is 25.1 Å². The molecule has 0 bridgehead atoms. The smallest absolute Gasteiger partial charge is 0.0322 e. The van der Waals surface area contributed by atoms with Gasteiger partial charge in [-0.2, -0.15) is 0 Å². The Morgan fingerprint density at radius 1 is 1.00 bits per heavy atom. The van der Waals surface area contributed by atoms with Gasteiger partial charge in [0.1, 0.15) is 0 Å². The monoisotopic (exact) mass is 251 g/mol. The molecule has 1 aromatic carbocycles. The van der Waals surface area contributed by atoms with Gasteiger partial charge in [0.05, 0.1) is 0 Å². The van der Waals surface area contributed by atoms with Gasteiger partial charge in [0.15, 0.2) is 0 Å². The van der Waals surface area contributed by atoms with Crippen molar-refractivity contribution in [1.29, 1.82) is 0 Å². The molecule has 0 nitrogen and oxygen atoms in total. The number of hydrogen-bond donors (Lipinski definition) is 4. The standard InChI is InChI=1S/C7H7S5/c8-2-3-1-4(9)6(11)7(12)5(3)10/h1,9-12H,2H2. The molecule has 0 amide bonds. The molecular formula is C7H7S5. The molecule has 0 saturated heterocycles. The van der Waals surface area contributed by atoms with Crippen LogP contribution in [-0.2, 0) is 5.75 Å². The Labute approximate surface area is 99.6 Å². The minimum Gasteiger partial charge on any atom is -0.142 e. The highest BCUT2D eigenvalue weighted by Gasteiger charge is 2.08. The molecule has 1 radical (unpaired) electrons. The van der Waals surface area contributed by atoms with Crippen LogP contribution in [0.25, 0.3) is 0 Å². The molecule has 12 heavy (non-hydrogen) atoms. The van der Waals surface area contributed by atoms with Crippen molar-refractivity contribution in [2.75, 3.05) is 0 Å². The summed E-state index contributed by atoms with van der Waals surface area (Å²) in [7, 11) is 0. The third kappa shape index (κ3) is 2.07. The molecule has 0 unspecified atom stereocenters. The molecule has 0 N–H and O–H groups in total. The molecule has 5 heteroatoms. The zero-order valence-corrected chi connectivity index (χ0v) is 10.4. The van der Waals surface area contributed by atoms with E-state index in [1.165, 1.54) is 0 Å². The Kier molecular flexibility index (Phi) is 4.11. The van der Waals surface area contributed by atoms with Crippen LogP contribution in [0.5, 0.6) is 0 Å². The van der Waals surface area contributed by atoms with Gasteiger partial charge < -0.3 is 0 Å². The highest BCUT2D eigenvalue weighted by molar-refractivity contribution is 7.86. The van der Waals surface area contributed by atoms with Crippen LogP contribution in [0, 0.1) is 0 Å². The first-order valence-electron chi connectivity index (χ1n) is 3.11. The Morgan fingerprint density at radius 3 is 2.08 bits per heavy atom. The van der Waals surface area contributed by atoms with E-state index >= 15 is 0 Å². The predicted molar refractivity (Wildman–Crippen MR) is 66.7 cm³/mol. The maximum absolute atomic E-state index is 4.93. The topological polar surface area (TPSA) is 0 Å². The molecule has 1 aromatic rings. The minimum absolute atomic E-state index is 0.522. The number of rotatable bonds is 1. The first-order valence-corrected chi connectivity index (χ1v) is 5.48. The second-order valence-electron chi connectivity index (χ2n) is 2.24. The lowest BCUT2D eigenvalue weighted by molar-refractivity contribution is 1.01. The number of hydrogen-bond acceptors (Lipinski definition) is 4. The lowest BCUT2D eigenvalue weighted by Crippen LogP contribution is -1.86. The maximum atomic E-state index is 4.93. The van der Waals surface area contributed by atoms with Gasteiger partial charge in [0.2, 0.25) is 0 Å². The van der Waals surface area contributed by atoms with Gasteiger partial charge in [0, 0.05) is 25.3 Å². The van der Waals surface area contributed by atoms with Gasteiger partial charge >= 0.3 is 0 Å². The molecule has 0 atom stereocenters. The second-order valence-corrected chi connectivity index (χ2v) is 4.36. The lowest BCUT2D eigenvalue weighted by Gasteiger charge is -2.09. The molecule has 0 aliphatic heterocycles. The highest BCUT2D eigenvalue weighted by Crippen LogP contribution is 2.34. The van der Waals surface area contributed by atoms with Gasteiger partial charge in [-0.15, -0.1) is 50.5 Å². The van der Waals surface area contributed by atoms with Crippen LogP contribution in [-0.4, -0.2) is 0 Å². The summed E-state index contributed by atoms with van der Waals surface area (Å²) in [6, 6.07) is 1.88. The zero-order valence-electron chi connectivity index (χ0n) is 5.98. The molecule has 1 rings (SSSR count). The normalized spacial score (nSPS) is 10.4. The highest BCUT2D eigenvalue weighted by atomic mass is 32.1. The minimum atomic E-state index is 0.522. The van der Waals surface area contributed by atoms with Crippen molar-refractivity contribution in [3.8, 4) is 0 Å². The van der Waals surface area contributed by atoms with E-state index in [9.17, 15) is 0 Å². The predicted octanol–water partition coefficient (Wildman–Crippen LogP) is 3.54. The molecule has 0 aliphatic rings. The van der Waals surface area contributed by atoms with Crippen molar-refractivity contribution in [3.05, 3.63) is 11.6 Å². The first kappa shape index (κ1) is 11.0. The number of benzene rings is 1. The Bertz CT molecular complexity index is 307. The number of thiol groups is 4. The fourth-order valence-corrected chi connectivity index (χ4v) is 2.27. The van der Waals surface area contributed by atoms with E-state index < -0.39 is 0 Å². The van der Waals surface area contributed by atoms with Crippen molar-refractivity contribution in [3.63, 3.8) is 0 Å². The molecule has 0 fully saturated rings. The fourth-order valence-electron chi connectivity index (χ4n) is 0.797. The summed E-state index contributed by atoms with van der Waals surface area (Å²) in [6.07, 6.45) is 0. The zero-order chi connectivity index (χ0) is 9.30. The van der Waals surface area contributed by atoms with E-state index in [1.807, 2.05) is 6.07 Å². The van der Waals surface area contributed by atoms with Crippen molar-refractivity contribution in [2.24, 2.45) is 0 Å². The van der Waals surface area contributed by atoms with Crippen molar-refractivity contribution < 1.29 is 0 Å². The summed E-state index contributed by atoms with van der Waals surface area (Å²) >= 11 is 21.9. The van der Waals surface area contributed by atoms with Crippen molar-refractivity contribution in [2.45, 2.75) is 25.3 Å². The quantitative estimate of drug-likeness (QED) is 0.539. The van der Waals surface area contributed by atoms with Crippen LogP contribution >= 0.6 is 63.1 Å². The summed E-state index contributed by atoms with van der Waals surface area (Å²) in [4.78, 5) is 3.09. The van der Waals surface area contributed by atoms with Gasteiger partial charge in [-0.3, -0.25) is 0 Å². The molecule has 0 heterocycles. The van der Waals surface area contributed by atoms with Crippen LogP contribution in [0.1, 0.15) is 5.56 Å². The Hall–Kier alpha value is 0.970. The average molecular weight is 251 g/mol. The lowest BCUT2D eigenvalue weighted by atomic mass is 10.2. The van der Waals surface area contributed by atoms with Crippen LogP contribution in [0.15, 0.2) is 25.6 Å². The fraction of sp³-hybridized carbons (Fsp3) is 0.143. The van der Waals surface area contributed by atoms with Crippen LogP contribution in [0.2, 0.25) is 0 Å². The summed E-state index contributed by atoms with van der Waals surface area (Å²) in [5, 5.41) is 0. The second kappa shape index (κ2) is 4.46. The van der Waals surface area contributed by atoms with Gasteiger partial charge in [0.25, 0.3) is 0 Å². The summed E-state index contributed by atoms with van der Waals surface area (Å²) in [5.41, 5.74) is 0.973. The molecule has 0 saturated carbocycles. The Morgan fingerprint density at radius 2 is 1.58 bits per heavy atom. The van der Waals surface area contributed by atoms with E-state index in [1.54, 1.807) is 0 Å². The maximum Gasteiger partial charge on any atom is 0.0322 e. The van der Waals surface area contributed by atoms with E-state index in [4.69, 9.17) is 12.6 Å².